The molecule has 0 atom stereocenters. The van der Waals surface area contributed by atoms with Crippen molar-refractivity contribution >= 4 is 11.1 Å². The average Bonchev–Trinajstić information content (AvgIpc) is 3.43. The third-order valence-corrected chi connectivity index (χ3v) is 5.04. The lowest BCUT2D eigenvalue weighted by molar-refractivity contribution is -0.325. The van der Waals surface area contributed by atoms with E-state index in [0.717, 1.165) is 5.56 Å². The first kappa shape index (κ1) is 21.8. The highest BCUT2D eigenvalue weighted by Crippen LogP contribution is 2.32. The highest BCUT2D eigenvalue weighted by Gasteiger charge is 2.29. The summed E-state index contributed by atoms with van der Waals surface area (Å²) in [6.07, 6.45) is -1.60. The van der Waals surface area contributed by atoms with E-state index in [1.54, 1.807) is 6.20 Å². The standard InChI is InChI=1S/C24H16F4N4O2/c25-18-8-6-16(7-9-18)21-19(14-32(31-21)10-11-33-24(26,27)28)22-29-13-17-12-20(34-23(17)30-22)15-4-2-1-3-5-15/h1-9,12-14H,10-11H2. The van der Waals surface area contributed by atoms with Gasteiger partial charge in [0.1, 0.15) is 17.3 Å². The molecule has 0 aliphatic carbocycles. The molecule has 5 rings (SSSR count). The van der Waals surface area contributed by atoms with Crippen molar-refractivity contribution in [3.8, 4) is 34.0 Å². The van der Waals surface area contributed by atoms with Gasteiger partial charge in [0.15, 0.2) is 5.82 Å². The van der Waals surface area contributed by atoms with Gasteiger partial charge in [0.05, 0.1) is 24.1 Å². The maximum Gasteiger partial charge on any atom is 0.522 e. The lowest BCUT2D eigenvalue weighted by Crippen LogP contribution is -2.17. The Balaban J connectivity index is 1.53. The van der Waals surface area contributed by atoms with Crippen LogP contribution in [0.2, 0.25) is 0 Å². The fourth-order valence-electron chi connectivity index (χ4n) is 3.48. The Hall–Kier alpha value is -4.05. The molecule has 3 heterocycles. The van der Waals surface area contributed by atoms with Crippen LogP contribution in [0.5, 0.6) is 0 Å². The Morgan fingerprint density at radius 1 is 0.971 bits per heavy atom. The lowest BCUT2D eigenvalue weighted by Gasteiger charge is -2.06. The number of rotatable bonds is 6. The van der Waals surface area contributed by atoms with E-state index in [0.29, 0.717) is 33.7 Å². The third kappa shape index (κ3) is 4.67. The summed E-state index contributed by atoms with van der Waals surface area (Å²) in [4.78, 5) is 8.92. The second kappa shape index (κ2) is 8.71. The largest absolute Gasteiger partial charge is 0.522 e. The Bertz CT molecular complexity index is 1430. The van der Waals surface area contributed by atoms with Gasteiger partial charge in [0, 0.05) is 23.5 Å². The quantitative estimate of drug-likeness (QED) is 0.282. The second-order valence-corrected chi connectivity index (χ2v) is 7.39. The minimum absolute atomic E-state index is 0.158. The number of nitrogens with zero attached hydrogens (tertiary/aromatic N) is 4. The summed E-state index contributed by atoms with van der Waals surface area (Å²) < 4.78 is 61.6. The van der Waals surface area contributed by atoms with Crippen LogP contribution < -0.4 is 0 Å². The minimum Gasteiger partial charge on any atom is -0.438 e. The molecule has 0 saturated carbocycles. The molecule has 0 aliphatic rings. The summed E-state index contributed by atoms with van der Waals surface area (Å²) in [5, 5.41) is 5.07. The molecule has 0 amide bonds. The molecule has 0 aliphatic heterocycles. The molecule has 0 saturated heterocycles. The molecule has 10 heteroatoms. The van der Waals surface area contributed by atoms with Crippen molar-refractivity contribution in [2.45, 2.75) is 12.9 Å². The fraction of sp³-hybridized carbons (Fsp3) is 0.125. The number of alkyl halides is 3. The summed E-state index contributed by atoms with van der Waals surface area (Å²) in [6, 6.07) is 16.9. The topological polar surface area (TPSA) is 66.0 Å². The van der Waals surface area contributed by atoms with Crippen molar-refractivity contribution in [2.24, 2.45) is 0 Å². The molecule has 0 radical (unpaired) electrons. The van der Waals surface area contributed by atoms with E-state index in [9.17, 15) is 17.6 Å². The van der Waals surface area contributed by atoms with Crippen LogP contribution in [0.15, 0.2) is 77.5 Å². The van der Waals surface area contributed by atoms with Crippen LogP contribution in [-0.2, 0) is 11.3 Å². The molecular formula is C24H16F4N4O2. The zero-order valence-electron chi connectivity index (χ0n) is 17.5. The fourth-order valence-corrected chi connectivity index (χ4v) is 3.48. The van der Waals surface area contributed by atoms with Crippen molar-refractivity contribution in [1.82, 2.24) is 19.7 Å². The molecule has 172 valence electrons. The Labute approximate surface area is 190 Å². The van der Waals surface area contributed by atoms with E-state index >= 15 is 0 Å². The van der Waals surface area contributed by atoms with Crippen molar-refractivity contribution in [3.63, 3.8) is 0 Å². The highest BCUT2D eigenvalue weighted by molar-refractivity contribution is 5.83. The van der Waals surface area contributed by atoms with Crippen molar-refractivity contribution < 1.29 is 26.7 Å². The zero-order chi connectivity index (χ0) is 23.7. The second-order valence-electron chi connectivity index (χ2n) is 7.39. The first-order valence-electron chi connectivity index (χ1n) is 10.2. The van der Waals surface area contributed by atoms with Crippen LogP contribution in [0.4, 0.5) is 17.6 Å². The number of hydrogen-bond acceptors (Lipinski definition) is 5. The first-order valence-corrected chi connectivity index (χ1v) is 10.2. The summed E-state index contributed by atoms with van der Waals surface area (Å²) in [5.74, 6) is 0.467. The summed E-state index contributed by atoms with van der Waals surface area (Å²) in [5.41, 5.74) is 2.63. The summed E-state index contributed by atoms with van der Waals surface area (Å²) in [7, 11) is 0. The van der Waals surface area contributed by atoms with Gasteiger partial charge >= 0.3 is 6.36 Å². The summed E-state index contributed by atoms with van der Waals surface area (Å²) >= 11 is 0. The van der Waals surface area contributed by atoms with E-state index in [-0.39, 0.29) is 12.4 Å². The maximum atomic E-state index is 13.4. The van der Waals surface area contributed by atoms with Gasteiger partial charge < -0.3 is 4.42 Å². The molecule has 3 aromatic heterocycles. The van der Waals surface area contributed by atoms with Gasteiger partial charge in [0.2, 0.25) is 5.71 Å². The molecule has 2 aromatic carbocycles. The lowest BCUT2D eigenvalue weighted by atomic mass is 10.1. The van der Waals surface area contributed by atoms with E-state index in [1.807, 2.05) is 36.4 Å². The van der Waals surface area contributed by atoms with Crippen LogP contribution in [-0.4, -0.2) is 32.7 Å². The predicted octanol–water partition coefficient (Wildman–Crippen LogP) is 6.10. The van der Waals surface area contributed by atoms with Gasteiger partial charge in [-0.05, 0) is 30.3 Å². The number of hydrogen-bond donors (Lipinski definition) is 0. The number of halogens is 4. The molecule has 0 N–H and O–H groups in total. The van der Waals surface area contributed by atoms with Gasteiger partial charge in [-0.1, -0.05) is 30.3 Å². The van der Waals surface area contributed by atoms with Crippen LogP contribution >= 0.6 is 0 Å². The first-order chi connectivity index (χ1) is 16.4. The molecule has 6 nitrogen and oxygen atoms in total. The number of furan rings is 1. The molecule has 34 heavy (non-hydrogen) atoms. The van der Waals surface area contributed by atoms with E-state index in [4.69, 9.17) is 4.42 Å². The molecule has 0 unspecified atom stereocenters. The third-order valence-electron chi connectivity index (χ3n) is 5.04. The normalized spacial score (nSPS) is 11.9. The minimum atomic E-state index is -4.74. The van der Waals surface area contributed by atoms with Crippen LogP contribution in [0, 0.1) is 5.82 Å². The van der Waals surface area contributed by atoms with Crippen molar-refractivity contribution in [3.05, 3.63) is 78.9 Å². The molecule has 0 bridgehead atoms. The SMILES string of the molecule is Fc1ccc(-c2nn(CCOC(F)(F)F)cc2-c2ncc3cc(-c4ccccc4)oc3n2)cc1. The zero-order valence-corrected chi connectivity index (χ0v) is 17.5. The van der Waals surface area contributed by atoms with Gasteiger partial charge in [-0.25, -0.2) is 9.37 Å². The van der Waals surface area contributed by atoms with Gasteiger partial charge in [-0.3, -0.25) is 9.42 Å². The highest BCUT2D eigenvalue weighted by atomic mass is 19.4. The van der Waals surface area contributed by atoms with Crippen LogP contribution in [0.1, 0.15) is 0 Å². The van der Waals surface area contributed by atoms with Gasteiger partial charge in [-0.15, -0.1) is 13.2 Å². The van der Waals surface area contributed by atoms with Crippen molar-refractivity contribution in [1.29, 1.82) is 0 Å². The summed E-state index contributed by atoms with van der Waals surface area (Å²) in [6.45, 7) is -0.777. The van der Waals surface area contributed by atoms with Crippen LogP contribution in [0.25, 0.3) is 45.1 Å². The van der Waals surface area contributed by atoms with Crippen LogP contribution in [0.3, 0.4) is 0 Å². The molecular weight excluding hydrogens is 452 g/mol. The number of ether oxygens (including phenoxy) is 1. The Morgan fingerprint density at radius 2 is 1.74 bits per heavy atom. The Morgan fingerprint density at radius 3 is 2.47 bits per heavy atom. The van der Waals surface area contributed by atoms with Gasteiger partial charge in [0.25, 0.3) is 0 Å². The monoisotopic (exact) mass is 468 g/mol. The number of benzene rings is 2. The van der Waals surface area contributed by atoms with E-state index < -0.39 is 18.8 Å². The molecule has 0 spiro atoms. The maximum absolute atomic E-state index is 13.4. The van der Waals surface area contributed by atoms with Crippen molar-refractivity contribution in [2.75, 3.05) is 6.61 Å². The predicted molar refractivity (Wildman–Crippen MR) is 116 cm³/mol. The van der Waals surface area contributed by atoms with E-state index in [2.05, 4.69) is 19.8 Å². The van der Waals surface area contributed by atoms with E-state index in [1.165, 1.54) is 35.1 Å². The van der Waals surface area contributed by atoms with Gasteiger partial charge in [-0.2, -0.15) is 10.1 Å². The molecule has 5 aromatic rings. The number of aromatic nitrogens is 4. The average molecular weight is 468 g/mol. The smallest absolute Gasteiger partial charge is 0.438 e. The molecule has 0 fully saturated rings. The Kier molecular flexibility index (Phi) is 5.58. The number of fused-ring (bicyclic) bond motifs is 1.